The van der Waals surface area contributed by atoms with Gasteiger partial charge in [-0.25, -0.2) is 0 Å². The van der Waals surface area contributed by atoms with Crippen LogP contribution in [0.1, 0.15) is 52.4 Å². The largest absolute Gasteiger partial charge is 0.391 e. The first kappa shape index (κ1) is 17.3. The molecule has 146 valence electrons. The first-order valence-corrected chi connectivity index (χ1v) is 8.76. The van der Waals surface area contributed by atoms with Crippen LogP contribution in [-0.2, 0) is 9.59 Å². The number of ketones is 2. The van der Waals surface area contributed by atoms with Crippen molar-refractivity contribution in [3.8, 4) is 0 Å². The van der Waals surface area contributed by atoms with Crippen LogP contribution in [0.3, 0.4) is 0 Å². The molecule has 0 saturated heterocycles. The number of hydrogen-bond donors (Lipinski definition) is 3. The van der Waals surface area contributed by atoms with Crippen molar-refractivity contribution >= 4 is 11.6 Å². The normalized spacial score (nSPS) is 21.4. The Hall–Kier alpha value is -1.08. The van der Waals surface area contributed by atoms with E-state index in [4.69, 9.17) is 5.48 Å². The van der Waals surface area contributed by atoms with Crippen molar-refractivity contribution < 1.29 is 25.3 Å². The number of nitrogens with one attached hydrogen (secondary N) is 1. The van der Waals surface area contributed by atoms with Gasteiger partial charge in [-0.15, -0.1) is 0 Å². The summed E-state index contributed by atoms with van der Waals surface area (Å²) in [5, 5.41) is 23.5. The lowest BCUT2D eigenvalue weighted by molar-refractivity contribution is -0.145. The van der Waals surface area contributed by atoms with E-state index in [2.05, 4.69) is 5.32 Å². The van der Waals surface area contributed by atoms with Crippen molar-refractivity contribution in [1.29, 1.82) is 0 Å². The van der Waals surface area contributed by atoms with Gasteiger partial charge in [0.25, 0.3) is 0 Å². The minimum absolute atomic E-state index is 0.0682. The number of unbranched alkanes of at least 4 members (excludes halogenated alkanes) is 1. The van der Waals surface area contributed by atoms with Crippen LogP contribution >= 0.6 is 0 Å². The van der Waals surface area contributed by atoms with Gasteiger partial charge in [-0.05, 0) is 53.2 Å². The molecule has 0 aromatic heterocycles. The number of Topliss-reactive ketones (excluding diaryl/α,β-unsaturated/α-hetero) is 2. The molecule has 0 aliphatic carbocycles. The maximum Gasteiger partial charge on any atom is 0.219 e. The number of rotatable bonds is 13. The summed E-state index contributed by atoms with van der Waals surface area (Å²) in [6.07, 6.45) is 0.609. The molecule has 1 unspecified atom stereocenters. The van der Waals surface area contributed by atoms with Gasteiger partial charge in [0, 0.05) is 4.11 Å². The molecule has 0 amide bonds. The van der Waals surface area contributed by atoms with Crippen LogP contribution in [0.2, 0.25) is 0 Å². The van der Waals surface area contributed by atoms with Gasteiger partial charge < -0.3 is 15.5 Å². The summed E-state index contributed by atoms with van der Waals surface area (Å²) in [6, 6.07) is -2.74. The fraction of sp³-hybridized carbons (Fsp3) is 0.789. The summed E-state index contributed by atoms with van der Waals surface area (Å²) in [4.78, 5) is 27.0. The molecule has 3 N–H and O–H groups in total. The molecule has 6 nitrogen and oxygen atoms in total. The van der Waals surface area contributed by atoms with Crippen molar-refractivity contribution in [3.63, 3.8) is 0 Å². The van der Waals surface area contributed by atoms with Gasteiger partial charge in [-0.3, -0.25) is 14.5 Å². The molecule has 0 aromatic rings. The SMILES string of the molecule is [2H]/C(=C\C[C@@H](C)[C@@H](O)C(C(=O)C(=O)[C@@H](NCCCC)[C@@H](C)O)N(C)C)C([2H])([2H])[2H]. The molecule has 0 spiro atoms. The number of carbonyl (C=O) groups is 2. The smallest absolute Gasteiger partial charge is 0.219 e. The minimum Gasteiger partial charge on any atom is -0.391 e. The fourth-order valence-corrected chi connectivity index (χ4v) is 2.61. The average Bonchev–Trinajstić information content (AvgIpc) is 2.60. The van der Waals surface area contributed by atoms with E-state index < -0.39 is 54.7 Å². The van der Waals surface area contributed by atoms with Gasteiger partial charge in [-0.1, -0.05) is 32.4 Å². The molecule has 6 heteroatoms. The third-order valence-corrected chi connectivity index (χ3v) is 4.23. The van der Waals surface area contributed by atoms with Crippen LogP contribution in [0.15, 0.2) is 12.1 Å². The molecule has 5 atom stereocenters. The lowest BCUT2D eigenvalue weighted by atomic mass is 9.88. The monoisotopic (exact) mass is 360 g/mol. The Labute approximate surface area is 157 Å². The predicted molar refractivity (Wildman–Crippen MR) is 100 cm³/mol. The average molecular weight is 361 g/mol. The summed E-state index contributed by atoms with van der Waals surface area (Å²) < 4.78 is 29.1. The van der Waals surface area contributed by atoms with E-state index in [9.17, 15) is 19.8 Å². The van der Waals surface area contributed by atoms with E-state index in [0.717, 1.165) is 12.8 Å². The van der Waals surface area contributed by atoms with Crippen molar-refractivity contribution in [2.75, 3.05) is 20.6 Å². The number of aliphatic hydroxyl groups is 2. The third kappa shape index (κ3) is 7.77. The molecule has 0 aromatic carbocycles. The predicted octanol–water partition coefficient (Wildman–Crippen LogP) is 1.16. The molecular formula is C19H36N2O4. The molecule has 0 bridgehead atoms. The van der Waals surface area contributed by atoms with Crippen molar-refractivity contribution in [2.45, 2.75) is 71.2 Å². The fourth-order valence-electron chi connectivity index (χ4n) is 2.61. The van der Waals surface area contributed by atoms with E-state index in [1.807, 2.05) is 6.92 Å². The molecule has 0 radical (unpaired) electrons. The minimum atomic E-state index is -2.54. The molecular weight excluding hydrogens is 320 g/mol. The maximum absolute atomic E-state index is 12.9. The Bertz CT molecular complexity index is 565. The van der Waals surface area contributed by atoms with Gasteiger partial charge in [0.05, 0.1) is 13.6 Å². The van der Waals surface area contributed by atoms with Crippen molar-refractivity contribution in [2.24, 2.45) is 5.92 Å². The molecule has 0 aliphatic rings. The second kappa shape index (κ2) is 12.3. The summed E-state index contributed by atoms with van der Waals surface area (Å²) in [6.45, 7) is 2.96. The summed E-state index contributed by atoms with van der Waals surface area (Å²) >= 11 is 0. The van der Waals surface area contributed by atoms with E-state index in [1.54, 1.807) is 21.0 Å². The van der Waals surface area contributed by atoms with Gasteiger partial charge >= 0.3 is 0 Å². The quantitative estimate of drug-likeness (QED) is 0.259. The lowest BCUT2D eigenvalue weighted by Gasteiger charge is -2.32. The number of aliphatic hydroxyl groups excluding tert-OH is 2. The van der Waals surface area contributed by atoms with Gasteiger partial charge in [0.1, 0.15) is 12.1 Å². The van der Waals surface area contributed by atoms with E-state index in [0.29, 0.717) is 6.54 Å². The number of nitrogens with zero attached hydrogens (tertiary/aromatic N) is 1. The highest BCUT2D eigenvalue weighted by atomic mass is 16.3. The Morgan fingerprint density at radius 2 is 1.92 bits per heavy atom. The van der Waals surface area contributed by atoms with Gasteiger partial charge in [0.15, 0.2) is 0 Å². The van der Waals surface area contributed by atoms with Crippen molar-refractivity contribution in [1.82, 2.24) is 10.2 Å². The lowest BCUT2D eigenvalue weighted by Crippen LogP contribution is -2.56. The van der Waals surface area contributed by atoms with Crippen LogP contribution in [-0.4, -0.2) is 71.6 Å². The number of allylic oxidation sites excluding steroid dienone is 2. The summed E-state index contributed by atoms with van der Waals surface area (Å²) in [5.41, 5.74) is 0. The standard InChI is InChI=1S/C19H36N2O4/c1-7-9-11-13(3)17(23)16(21(5)6)19(25)18(24)15(14(4)22)20-12-10-8-2/h7,9,13-17,20,22-23H,8,10-12H2,1-6H3/b9-7+/t13-,14-,15+,16?,17-/m1/s1/i1D3,7D. The van der Waals surface area contributed by atoms with E-state index in [-0.39, 0.29) is 6.42 Å². The highest BCUT2D eigenvalue weighted by Gasteiger charge is 2.39. The molecule has 0 rings (SSSR count). The zero-order valence-electron chi connectivity index (χ0n) is 20.0. The number of likely N-dealkylation sites (N-methyl/N-ethyl adjacent to an activating group) is 1. The Morgan fingerprint density at radius 3 is 2.40 bits per heavy atom. The Balaban J connectivity index is 5.39. The summed E-state index contributed by atoms with van der Waals surface area (Å²) in [5.74, 6) is -2.20. The van der Waals surface area contributed by atoms with Crippen LogP contribution < -0.4 is 5.32 Å². The molecule has 0 saturated carbocycles. The van der Waals surface area contributed by atoms with E-state index >= 15 is 0 Å². The zero-order valence-corrected chi connectivity index (χ0v) is 16.0. The molecule has 0 aliphatic heterocycles. The zero-order chi connectivity index (χ0) is 22.9. The van der Waals surface area contributed by atoms with E-state index in [1.165, 1.54) is 17.9 Å². The van der Waals surface area contributed by atoms with Crippen LogP contribution in [0.25, 0.3) is 0 Å². The topological polar surface area (TPSA) is 89.9 Å². The highest BCUT2D eigenvalue weighted by molar-refractivity contribution is 6.41. The Kier molecular flexibility index (Phi) is 8.53. The van der Waals surface area contributed by atoms with Crippen molar-refractivity contribution in [3.05, 3.63) is 12.1 Å². The molecule has 0 fully saturated rings. The van der Waals surface area contributed by atoms with Crippen LogP contribution in [0.5, 0.6) is 0 Å². The first-order chi connectivity index (χ1) is 13.3. The van der Waals surface area contributed by atoms with Gasteiger partial charge in [-0.2, -0.15) is 0 Å². The highest BCUT2D eigenvalue weighted by Crippen LogP contribution is 2.17. The third-order valence-electron chi connectivity index (χ3n) is 4.23. The second-order valence-corrected chi connectivity index (χ2v) is 6.71. The molecule has 0 heterocycles. The summed E-state index contributed by atoms with van der Waals surface area (Å²) in [7, 11) is 3.11. The van der Waals surface area contributed by atoms with Gasteiger partial charge in [0.2, 0.25) is 11.6 Å². The van der Waals surface area contributed by atoms with Crippen LogP contribution in [0.4, 0.5) is 0 Å². The van der Waals surface area contributed by atoms with Crippen LogP contribution in [0, 0.1) is 5.92 Å². The number of carbonyl (C=O) groups excluding carboxylic acids is 2. The molecule has 25 heavy (non-hydrogen) atoms. The second-order valence-electron chi connectivity index (χ2n) is 6.71. The first-order valence-electron chi connectivity index (χ1n) is 10.8. The number of hydrogen-bond acceptors (Lipinski definition) is 6. The maximum atomic E-state index is 12.9. The Morgan fingerprint density at radius 1 is 1.28 bits per heavy atom.